The van der Waals surface area contributed by atoms with E-state index in [0.717, 1.165) is 18.2 Å². The molecule has 0 bridgehead atoms. The Bertz CT molecular complexity index is 644. The third-order valence-corrected chi connectivity index (χ3v) is 3.17. The van der Waals surface area contributed by atoms with Crippen LogP contribution in [0.1, 0.15) is 12.5 Å². The number of benzene rings is 2. The molecule has 0 fully saturated rings. The van der Waals surface area contributed by atoms with E-state index in [1.165, 1.54) is 0 Å². The van der Waals surface area contributed by atoms with Gasteiger partial charge < -0.3 is 10.1 Å². The van der Waals surface area contributed by atoms with Crippen molar-refractivity contribution in [2.45, 2.75) is 13.5 Å². The molecule has 0 atom stereocenters. The zero-order valence-electron chi connectivity index (χ0n) is 11.8. The van der Waals surface area contributed by atoms with Crippen molar-refractivity contribution in [3.05, 3.63) is 53.3 Å². The van der Waals surface area contributed by atoms with Crippen LogP contribution in [0.3, 0.4) is 0 Å². The second kappa shape index (κ2) is 6.63. The molecule has 0 unspecified atom stereocenters. The molecule has 2 nitrogen and oxygen atoms in total. The van der Waals surface area contributed by atoms with E-state index in [2.05, 4.69) is 5.32 Å². The van der Waals surface area contributed by atoms with Crippen molar-refractivity contribution in [3.8, 4) is 16.9 Å². The Balaban J connectivity index is 2.47. The molecule has 0 aromatic heterocycles. The van der Waals surface area contributed by atoms with Gasteiger partial charge in [-0.3, -0.25) is 0 Å². The van der Waals surface area contributed by atoms with Gasteiger partial charge >= 0.3 is 0 Å². The van der Waals surface area contributed by atoms with Gasteiger partial charge in [0.05, 0.1) is 7.11 Å². The summed E-state index contributed by atoms with van der Waals surface area (Å²) in [6.45, 7) is 3.27. The van der Waals surface area contributed by atoms with Gasteiger partial charge in [0.15, 0.2) is 11.6 Å². The number of ether oxygens (including phenoxy) is 1. The SMILES string of the molecule is CCNCc1cc(-c2cc(F)c(F)cc2F)ccc1OC. The van der Waals surface area contributed by atoms with Gasteiger partial charge in [0.25, 0.3) is 0 Å². The summed E-state index contributed by atoms with van der Waals surface area (Å²) in [4.78, 5) is 0. The van der Waals surface area contributed by atoms with Crippen LogP contribution < -0.4 is 10.1 Å². The Kier molecular flexibility index (Phi) is 4.85. The van der Waals surface area contributed by atoms with Gasteiger partial charge in [0.1, 0.15) is 11.6 Å². The molecule has 112 valence electrons. The fourth-order valence-electron chi connectivity index (χ4n) is 2.09. The summed E-state index contributed by atoms with van der Waals surface area (Å²) in [5, 5.41) is 3.15. The third-order valence-electron chi connectivity index (χ3n) is 3.17. The average Bonchev–Trinajstić information content (AvgIpc) is 2.48. The Morgan fingerprint density at radius 1 is 1.00 bits per heavy atom. The van der Waals surface area contributed by atoms with Crippen molar-refractivity contribution < 1.29 is 17.9 Å². The van der Waals surface area contributed by atoms with Gasteiger partial charge in [-0.25, -0.2) is 13.2 Å². The first-order chi connectivity index (χ1) is 10.1. The summed E-state index contributed by atoms with van der Waals surface area (Å²) in [7, 11) is 1.54. The highest BCUT2D eigenvalue weighted by molar-refractivity contribution is 5.66. The monoisotopic (exact) mass is 295 g/mol. The zero-order chi connectivity index (χ0) is 15.4. The third kappa shape index (κ3) is 3.36. The standard InChI is InChI=1S/C16H16F3NO/c1-3-20-9-11-6-10(4-5-16(11)21-2)12-7-14(18)15(19)8-13(12)17/h4-8,20H,3,9H2,1-2H3. The second-order valence-corrected chi connectivity index (χ2v) is 4.55. The molecule has 0 aliphatic carbocycles. The van der Waals surface area contributed by atoms with Crippen molar-refractivity contribution in [3.63, 3.8) is 0 Å². The smallest absolute Gasteiger partial charge is 0.161 e. The van der Waals surface area contributed by atoms with Gasteiger partial charge in [0.2, 0.25) is 0 Å². The lowest BCUT2D eigenvalue weighted by molar-refractivity contribution is 0.408. The maximum absolute atomic E-state index is 13.8. The van der Waals surface area contributed by atoms with Gasteiger partial charge in [-0.2, -0.15) is 0 Å². The molecule has 0 radical (unpaired) electrons. The Labute approximate surface area is 121 Å². The van der Waals surface area contributed by atoms with E-state index in [1.54, 1.807) is 25.3 Å². The van der Waals surface area contributed by atoms with Crippen LogP contribution in [-0.2, 0) is 6.54 Å². The molecule has 21 heavy (non-hydrogen) atoms. The first kappa shape index (κ1) is 15.4. The largest absolute Gasteiger partial charge is 0.496 e. The highest BCUT2D eigenvalue weighted by atomic mass is 19.2. The molecule has 2 aromatic rings. The van der Waals surface area contributed by atoms with Crippen molar-refractivity contribution in [2.24, 2.45) is 0 Å². The van der Waals surface area contributed by atoms with Crippen LogP contribution in [0.25, 0.3) is 11.1 Å². The molecule has 1 N–H and O–H groups in total. The first-order valence-corrected chi connectivity index (χ1v) is 6.59. The van der Waals surface area contributed by atoms with Crippen molar-refractivity contribution in [1.29, 1.82) is 0 Å². The van der Waals surface area contributed by atoms with Crippen molar-refractivity contribution >= 4 is 0 Å². The van der Waals surface area contributed by atoms with Gasteiger partial charge in [-0.1, -0.05) is 13.0 Å². The van der Waals surface area contributed by atoms with E-state index in [1.807, 2.05) is 6.92 Å². The van der Waals surface area contributed by atoms with E-state index in [9.17, 15) is 13.2 Å². The predicted molar refractivity (Wildman–Crippen MR) is 75.7 cm³/mol. The topological polar surface area (TPSA) is 21.3 Å². The molecule has 2 rings (SSSR count). The maximum atomic E-state index is 13.8. The van der Waals surface area contributed by atoms with Crippen molar-refractivity contribution in [1.82, 2.24) is 5.32 Å². The number of methoxy groups -OCH3 is 1. The molecule has 0 spiro atoms. The van der Waals surface area contributed by atoms with Gasteiger partial charge in [-0.05, 0) is 30.3 Å². The molecule has 0 heterocycles. The highest BCUT2D eigenvalue weighted by Gasteiger charge is 2.13. The fourth-order valence-corrected chi connectivity index (χ4v) is 2.09. The molecule has 0 aliphatic rings. The summed E-state index contributed by atoms with van der Waals surface area (Å²) >= 11 is 0. The first-order valence-electron chi connectivity index (χ1n) is 6.59. The number of halogens is 3. The number of hydrogen-bond donors (Lipinski definition) is 1. The molecule has 0 saturated heterocycles. The quantitative estimate of drug-likeness (QED) is 0.845. The Morgan fingerprint density at radius 3 is 2.38 bits per heavy atom. The number of nitrogens with one attached hydrogen (secondary N) is 1. The lowest BCUT2D eigenvalue weighted by atomic mass is 10.0. The minimum absolute atomic E-state index is 0.0225. The molecule has 5 heteroatoms. The molecule has 2 aromatic carbocycles. The lowest BCUT2D eigenvalue weighted by Gasteiger charge is -2.12. The lowest BCUT2D eigenvalue weighted by Crippen LogP contribution is -2.12. The van der Waals surface area contributed by atoms with Crippen LogP contribution in [0, 0.1) is 17.5 Å². The molecular formula is C16H16F3NO. The summed E-state index contributed by atoms with van der Waals surface area (Å²) in [6.07, 6.45) is 0. The number of hydrogen-bond acceptors (Lipinski definition) is 2. The normalized spacial score (nSPS) is 10.7. The summed E-state index contributed by atoms with van der Waals surface area (Å²) in [6, 6.07) is 6.42. The molecule has 0 saturated carbocycles. The van der Waals surface area contributed by atoms with E-state index in [-0.39, 0.29) is 5.56 Å². The second-order valence-electron chi connectivity index (χ2n) is 4.55. The predicted octanol–water partition coefficient (Wildman–Crippen LogP) is 3.89. The minimum Gasteiger partial charge on any atom is -0.496 e. The van der Waals surface area contributed by atoms with Crippen LogP contribution in [-0.4, -0.2) is 13.7 Å². The van der Waals surface area contributed by atoms with Crippen molar-refractivity contribution in [2.75, 3.05) is 13.7 Å². The maximum Gasteiger partial charge on any atom is 0.161 e. The number of rotatable bonds is 5. The average molecular weight is 295 g/mol. The zero-order valence-corrected chi connectivity index (χ0v) is 11.8. The summed E-state index contributed by atoms with van der Waals surface area (Å²) in [5.74, 6) is -2.41. The van der Waals surface area contributed by atoms with E-state index < -0.39 is 17.5 Å². The van der Waals surface area contributed by atoms with E-state index >= 15 is 0 Å². The van der Waals surface area contributed by atoms with Crippen LogP contribution in [0.15, 0.2) is 30.3 Å². The van der Waals surface area contributed by atoms with Gasteiger partial charge in [-0.15, -0.1) is 0 Å². The Morgan fingerprint density at radius 2 is 1.71 bits per heavy atom. The molecule has 0 aliphatic heterocycles. The fraction of sp³-hybridized carbons (Fsp3) is 0.250. The van der Waals surface area contributed by atoms with E-state index in [0.29, 0.717) is 23.9 Å². The van der Waals surface area contributed by atoms with E-state index in [4.69, 9.17) is 4.74 Å². The summed E-state index contributed by atoms with van der Waals surface area (Å²) < 4.78 is 45.4. The molecular weight excluding hydrogens is 279 g/mol. The van der Waals surface area contributed by atoms with Crippen LogP contribution in [0.4, 0.5) is 13.2 Å². The van der Waals surface area contributed by atoms with Crippen LogP contribution >= 0.6 is 0 Å². The summed E-state index contributed by atoms with van der Waals surface area (Å²) in [5.41, 5.74) is 1.32. The van der Waals surface area contributed by atoms with Crippen LogP contribution in [0.5, 0.6) is 5.75 Å². The van der Waals surface area contributed by atoms with Gasteiger partial charge in [0, 0.05) is 23.7 Å². The van der Waals surface area contributed by atoms with Crippen LogP contribution in [0.2, 0.25) is 0 Å². The highest BCUT2D eigenvalue weighted by Crippen LogP contribution is 2.29. The minimum atomic E-state index is -1.20. The Hall–Kier alpha value is -2.01. The molecule has 0 amide bonds.